The van der Waals surface area contributed by atoms with E-state index >= 15 is 0 Å². The standard InChI is InChI=1S/C23H17FN4O/c1-15-9-11-16(12-10-15)14-27-22(29)19-7-2-3-8-20(19)28-21(25-26-23(27)28)17-5-4-6-18(24)13-17/h2-13H,14H2,1H3. The first-order chi connectivity index (χ1) is 14.1. The molecule has 29 heavy (non-hydrogen) atoms. The highest BCUT2D eigenvalue weighted by molar-refractivity contribution is 5.82. The number of aromatic nitrogens is 4. The van der Waals surface area contributed by atoms with Crippen molar-refractivity contribution in [3.63, 3.8) is 0 Å². The number of hydrogen-bond donors (Lipinski definition) is 0. The largest absolute Gasteiger partial charge is 0.272 e. The van der Waals surface area contributed by atoms with Crippen molar-refractivity contribution < 1.29 is 4.39 Å². The van der Waals surface area contributed by atoms with E-state index in [1.54, 1.807) is 22.8 Å². The maximum atomic E-state index is 13.8. The van der Waals surface area contributed by atoms with Crippen molar-refractivity contribution in [3.05, 3.63) is 100 Å². The summed E-state index contributed by atoms with van der Waals surface area (Å²) in [5, 5.41) is 9.16. The Morgan fingerprint density at radius 1 is 0.931 bits per heavy atom. The molecule has 5 rings (SSSR count). The fourth-order valence-electron chi connectivity index (χ4n) is 3.59. The zero-order valence-corrected chi connectivity index (χ0v) is 15.7. The van der Waals surface area contributed by atoms with Gasteiger partial charge in [-0.25, -0.2) is 4.39 Å². The zero-order valence-electron chi connectivity index (χ0n) is 15.7. The van der Waals surface area contributed by atoms with Crippen LogP contribution < -0.4 is 5.56 Å². The SMILES string of the molecule is Cc1ccc(Cn2c(=O)c3ccccc3n3c(-c4cccc(F)c4)nnc23)cc1. The predicted molar refractivity (Wildman–Crippen MR) is 110 cm³/mol. The van der Waals surface area contributed by atoms with E-state index < -0.39 is 0 Å². The van der Waals surface area contributed by atoms with Crippen LogP contribution in [0.25, 0.3) is 28.1 Å². The van der Waals surface area contributed by atoms with Crippen molar-refractivity contribution in [3.8, 4) is 11.4 Å². The second kappa shape index (κ2) is 6.67. The van der Waals surface area contributed by atoms with Gasteiger partial charge in [-0.15, -0.1) is 10.2 Å². The molecular weight excluding hydrogens is 367 g/mol. The highest BCUT2D eigenvalue weighted by Gasteiger charge is 2.18. The molecule has 0 N–H and O–H groups in total. The predicted octanol–water partition coefficient (Wildman–Crippen LogP) is 4.21. The molecule has 2 heterocycles. The summed E-state index contributed by atoms with van der Waals surface area (Å²) < 4.78 is 17.3. The molecule has 0 amide bonds. The Morgan fingerprint density at radius 3 is 2.52 bits per heavy atom. The Labute approximate surface area is 165 Å². The summed E-state index contributed by atoms with van der Waals surface area (Å²) in [5.41, 5.74) is 3.30. The van der Waals surface area contributed by atoms with Gasteiger partial charge in [0.05, 0.1) is 17.4 Å². The molecule has 0 unspecified atom stereocenters. The molecule has 0 spiro atoms. The minimum Gasteiger partial charge on any atom is -0.272 e. The van der Waals surface area contributed by atoms with E-state index in [1.807, 2.05) is 53.8 Å². The van der Waals surface area contributed by atoms with Gasteiger partial charge in [0.2, 0.25) is 5.78 Å². The third-order valence-corrected chi connectivity index (χ3v) is 5.05. The van der Waals surface area contributed by atoms with Gasteiger partial charge in [0.15, 0.2) is 5.82 Å². The van der Waals surface area contributed by atoms with Crippen molar-refractivity contribution in [2.75, 3.05) is 0 Å². The van der Waals surface area contributed by atoms with Crippen molar-refractivity contribution >= 4 is 16.7 Å². The molecule has 6 heteroatoms. The third kappa shape index (κ3) is 2.89. The van der Waals surface area contributed by atoms with Crippen molar-refractivity contribution in [1.82, 2.24) is 19.2 Å². The number of para-hydroxylation sites is 1. The van der Waals surface area contributed by atoms with Crippen LogP contribution in [0.4, 0.5) is 4.39 Å². The Kier molecular flexibility index (Phi) is 3.98. The zero-order chi connectivity index (χ0) is 20.0. The van der Waals surface area contributed by atoms with Gasteiger partial charge in [-0.1, -0.05) is 54.1 Å². The van der Waals surface area contributed by atoms with Crippen molar-refractivity contribution in [2.45, 2.75) is 13.5 Å². The minimum absolute atomic E-state index is 0.133. The van der Waals surface area contributed by atoms with Crippen molar-refractivity contribution in [2.24, 2.45) is 0 Å². The lowest BCUT2D eigenvalue weighted by molar-refractivity contribution is 0.628. The van der Waals surface area contributed by atoms with Crippen LogP contribution in [0.3, 0.4) is 0 Å². The maximum absolute atomic E-state index is 13.8. The lowest BCUT2D eigenvalue weighted by atomic mass is 10.1. The molecule has 5 nitrogen and oxygen atoms in total. The van der Waals surface area contributed by atoms with Crippen LogP contribution in [0.1, 0.15) is 11.1 Å². The number of nitrogens with zero attached hydrogens (tertiary/aromatic N) is 4. The summed E-state index contributed by atoms with van der Waals surface area (Å²) in [6, 6.07) is 21.6. The lowest BCUT2D eigenvalue weighted by Gasteiger charge is -2.12. The molecule has 0 aliphatic carbocycles. The molecule has 0 aliphatic rings. The summed E-state index contributed by atoms with van der Waals surface area (Å²) in [7, 11) is 0. The molecule has 0 aliphatic heterocycles. The second-order valence-corrected chi connectivity index (χ2v) is 7.06. The molecule has 2 aromatic heterocycles. The normalized spacial score (nSPS) is 11.4. The van der Waals surface area contributed by atoms with E-state index in [-0.39, 0.29) is 11.4 Å². The summed E-state index contributed by atoms with van der Waals surface area (Å²) in [6.45, 7) is 2.39. The van der Waals surface area contributed by atoms with Gasteiger partial charge in [0.1, 0.15) is 5.82 Å². The molecule has 3 aromatic carbocycles. The Balaban J connectivity index is 1.82. The molecule has 0 fully saturated rings. The molecule has 0 saturated carbocycles. The molecular formula is C23H17FN4O. The molecule has 0 bridgehead atoms. The van der Waals surface area contributed by atoms with Crippen LogP contribution in [-0.2, 0) is 6.54 Å². The topological polar surface area (TPSA) is 52.2 Å². The fourth-order valence-corrected chi connectivity index (χ4v) is 3.59. The Bertz CT molecular complexity index is 1420. The molecule has 0 radical (unpaired) electrons. The average molecular weight is 384 g/mol. The van der Waals surface area contributed by atoms with E-state index in [0.29, 0.717) is 34.6 Å². The first-order valence-corrected chi connectivity index (χ1v) is 9.30. The van der Waals surface area contributed by atoms with Gasteiger partial charge < -0.3 is 0 Å². The van der Waals surface area contributed by atoms with Gasteiger partial charge in [0.25, 0.3) is 5.56 Å². The van der Waals surface area contributed by atoms with Crippen LogP contribution in [0.2, 0.25) is 0 Å². The third-order valence-electron chi connectivity index (χ3n) is 5.05. The number of fused-ring (bicyclic) bond motifs is 3. The summed E-state index contributed by atoms with van der Waals surface area (Å²) in [5.74, 6) is 0.568. The van der Waals surface area contributed by atoms with E-state index in [1.165, 1.54) is 12.1 Å². The van der Waals surface area contributed by atoms with E-state index in [4.69, 9.17) is 0 Å². The van der Waals surface area contributed by atoms with Crippen LogP contribution in [0, 0.1) is 12.7 Å². The van der Waals surface area contributed by atoms with Gasteiger partial charge in [-0.2, -0.15) is 0 Å². The van der Waals surface area contributed by atoms with Crippen LogP contribution in [-0.4, -0.2) is 19.2 Å². The fraction of sp³-hybridized carbons (Fsp3) is 0.0870. The van der Waals surface area contributed by atoms with Gasteiger partial charge in [-0.3, -0.25) is 13.8 Å². The van der Waals surface area contributed by atoms with Crippen LogP contribution in [0.15, 0.2) is 77.6 Å². The van der Waals surface area contributed by atoms with Crippen LogP contribution >= 0.6 is 0 Å². The Hall–Kier alpha value is -3.80. The van der Waals surface area contributed by atoms with E-state index in [9.17, 15) is 9.18 Å². The number of benzene rings is 3. The second-order valence-electron chi connectivity index (χ2n) is 7.06. The quantitative estimate of drug-likeness (QED) is 0.468. The highest BCUT2D eigenvalue weighted by atomic mass is 19.1. The number of hydrogen-bond acceptors (Lipinski definition) is 3. The van der Waals surface area contributed by atoms with Crippen molar-refractivity contribution in [1.29, 1.82) is 0 Å². The first-order valence-electron chi connectivity index (χ1n) is 9.30. The average Bonchev–Trinajstić information content (AvgIpc) is 3.18. The van der Waals surface area contributed by atoms with Gasteiger partial charge in [-0.05, 0) is 36.8 Å². The van der Waals surface area contributed by atoms with Gasteiger partial charge >= 0.3 is 0 Å². The van der Waals surface area contributed by atoms with E-state index in [2.05, 4.69) is 10.2 Å². The molecule has 0 saturated heterocycles. The molecule has 142 valence electrons. The summed E-state index contributed by atoms with van der Waals surface area (Å²) >= 11 is 0. The minimum atomic E-state index is -0.350. The number of aryl methyl sites for hydroxylation is 1. The molecule has 0 atom stereocenters. The summed E-state index contributed by atoms with van der Waals surface area (Å²) in [6.07, 6.45) is 0. The molecule has 5 aromatic rings. The number of halogens is 1. The maximum Gasteiger partial charge on any atom is 0.263 e. The first kappa shape index (κ1) is 17.3. The number of rotatable bonds is 3. The summed E-state index contributed by atoms with van der Waals surface area (Å²) in [4.78, 5) is 13.2. The van der Waals surface area contributed by atoms with E-state index in [0.717, 1.165) is 11.1 Å². The van der Waals surface area contributed by atoms with Crippen LogP contribution in [0.5, 0.6) is 0 Å². The highest BCUT2D eigenvalue weighted by Crippen LogP contribution is 2.23. The Morgan fingerprint density at radius 2 is 1.72 bits per heavy atom. The monoisotopic (exact) mass is 384 g/mol. The lowest BCUT2D eigenvalue weighted by Crippen LogP contribution is -2.24. The smallest absolute Gasteiger partial charge is 0.263 e. The van der Waals surface area contributed by atoms with Gasteiger partial charge in [0, 0.05) is 5.56 Å².